The molecule has 0 amide bonds. The molecule has 5 atom stereocenters. The second kappa shape index (κ2) is 4.75. The largest absolute Gasteiger partial charge is 0.457 e. The second-order valence-electron chi connectivity index (χ2n) is 4.89. The number of aliphatic hydroxyl groups excluding tert-OH is 2. The van der Waals surface area contributed by atoms with Gasteiger partial charge in [-0.15, -0.1) is 0 Å². The SMILES string of the molecule is CC(=O)O[C@H](CO)[C@H]1OC(O)[C@H]2OC(C)(C)O[C@@H]12. The van der Waals surface area contributed by atoms with Gasteiger partial charge in [0, 0.05) is 6.92 Å². The average molecular weight is 262 g/mol. The van der Waals surface area contributed by atoms with Gasteiger partial charge in [-0.2, -0.15) is 0 Å². The molecular formula is C11H18O7. The maximum absolute atomic E-state index is 10.9. The zero-order valence-electron chi connectivity index (χ0n) is 10.5. The fraction of sp³-hybridized carbons (Fsp3) is 0.909. The number of ether oxygens (including phenoxy) is 4. The first kappa shape index (κ1) is 13.7. The van der Waals surface area contributed by atoms with Crippen molar-refractivity contribution in [2.45, 2.75) is 57.3 Å². The first-order valence-corrected chi connectivity index (χ1v) is 5.81. The molecule has 104 valence electrons. The van der Waals surface area contributed by atoms with E-state index in [-0.39, 0.29) is 0 Å². The Morgan fingerprint density at radius 3 is 2.56 bits per heavy atom. The van der Waals surface area contributed by atoms with Crippen LogP contribution >= 0.6 is 0 Å². The van der Waals surface area contributed by atoms with E-state index < -0.39 is 49.1 Å². The van der Waals surface area contributed by atoms with Crippen LogP contribution in [0, 0.1) is 0 Å². The Bertz CT molecular complexity index is 329. The van der Waals surface area contributed by atoms with Gasteiger partial charge in [0.1, 0.15) is 18.3 Å². The number of hydrogen-bond donors (Lipinski definition) is 2. The lowest BCUT2D eigenvalue weighted by atomic mass is 10.1. The number of rotatable bonds is 3. The van der Waals surface area contributed by atoms with Crippen LogP contribution in [0.2, 0.25) is 0 Å². The van der Waals surface area contributed by atoms with Gasteiger partial charge >= 0.3 is 5.97 Å². The first-order valence-electron chi connectivity index (χ1n) is 5.81. The number of carbonyl (C=O) groups excluding carboxylic acids is 1. The molecule has 0 radical (unpaired) electrons. The minimum Gasteiger partial charge on any atom is -0.457 e. The van der Waals surface area contributed by atoms with Gasteiger partial charge in [-0.3, -0.25) is 4.79 Å². The van der Waals surface area contributed by atoms with Crippen molar-refractivity contribution in [3.63, 3.8) is 0 Å². The van der Waals surface area contributed by atoms with Gasteiger partial charge in [-0.05, 0) is 13.8 Å². The Morgan fingerprint density at radius 2 is 2.00 bits per heavy atom. The molecule has 0 aromatic rings. The van der Waals surface area contributed by atoms with E-state index in [1.807, 2.05) is 0 Å². The highest BCUT2D eigenvalue weighted by molar-refractivity contribution is 5.66. The molecule has 0 aliphatic carbocycles. The summed E-state index contributed by atoms with van der Waals surface area (Å²) in [6.45, 7) is 4.26. The van der Waals surface area contributed by atoms with Crippen molar-refractivity contribution in [1.82, 2.24) is 0 Å². The van der Waals surface area contributed by atoms with E-state index >= 15 is 0 Å². The van der Waals surface area contributed by atoms with E-state index in [2.05, 4.69) is 0 Å². The molecule has 2 saturated heterocycles. The van der Waals surface area contributed by atoms with Crippen LogP contribution in [-0.2, 0) is 23.7 Å². The Kier molecular flexibility index (Phi) is 3.61. The van der Waals surface area contributed by atoms with Crippen molar-refractivity contribution in [3.05, 3.63) is 0 Å². The number of esters is 1. The third kappa shape index (κ3) is 2.50. The van der Waals surface area contributed by atoms with E-state index in [0.29, 0.717) is 0 Å². The normalized spacial score (nSPS) is 39.4. The maximum atomic E-state index is 10.9. The van der Waals surface area contributed by atoms with Crippen molar-refractivity contribution in [1.29, 1.82) is 0 Å². The number of carbonyl (C=O) groups is 1. The molecule has 0 spiro atoms. The summed E-state index contributed by atoms with van der Waals surface area (Å²) in [5, 5.41) is 19.0. The molecule has 2 heterocycles. The van der Waals surface area contributed by atoms with Gasteiger partial charge in [0.2, 0.25) is 0 Å². The molecule has 2 N–H and O–H groups in total. The van der Waals surface area contributed by atoms with Gasteiger partial charge in [-0.1, -0.05) is 0 Å². The monoisotopic (exact) mass is 262 g/mol. The molecule has 18 heavy (non-hydrogen) atoms. The number of aliphatic hydroxyl groups is 2. The number of fused-ring (bicyclic) bond motifs is 1. The highest BCUT2D eigenvalue weighted by atomic mass is 16.8. The molecule has 0 aromatic heterocycles. The van der Waals surface area contributed by atoms with Crippen molar-refractivity contribution in [2.75, 3.05) is 6.61 Å². The number of hydrogen-bond acceptors (Lipinski definition) is 7. The minimum atomic E-state index is -1.16. The highest BCUT2D eigenvalue weighted by Crippen LogP contribution is 2.39. The molecule has 2 fully saturated rings. The van der Waals surface area contributed by atoms with E-state index in [4.69, 9.17) is 18.9 Å². The zero-order chi connectivity index (χ0) is 13.5. The van der Waals surface area contributed by atoms with Crippen LogP contribution in [0.5, 0.6) is 0 Å². The molecule has 0 aromatic carbocycles. The van der Waals surface area contributed by atoms with Crippen molar-refractivity contribution in [2.24, 2.45) is 0 Å². The van der Waals surface area contributed by atoms with E-state index in [0.717, 1.165) is 0 Å². The summed E-state index contributed by atoms with van der Waals surface area (Å²) in [4.78, 5) is 10.9. The van der Waals surface area contributed by atoms with E-state index in [9.17, 15) is 15.0 Å². The fourth-order valence-electron chi connectivity index (χ4n) is 2.33. The van der Waals surface area contributed by atoms with Gasteiger partial charge in [0.25, 0.3) is 0 Å². The van der Waals surface area contributed by atoms with Crippen molar-refractivity contribution in [3.8, 4) is 0 Å². The second-order valence-corrected chi connectivity index (χ2v) is 4.89. The molecule has 0 saturated carbocycles. The van der Waals surface area contributed by atoms with Crippen LogP contribution in [0.15, 0.2) is 0 Å². The van der Waals surface area contributed by atoms with Gasteiger partial charge in [0.15, 0.2) is 18.2 Å². The minimum absolute atomic E-state index is 0.413. The smallest absolute Gasteiger partial charge is 0.303 e. The third-order valence-corrected chi connectivity index (χ3v) is 2.93. The van der Waals surface area contributed by atoms with Crippen LogP contribution in [-0.4, -0.2) is 59.3 Å². The topological polar surface area (TPSA) is 94.5 Å². The molecule has 7 heteroatoms. The van der Waals surface area contributed by atoms with Crippen LogP contribution in [0.1, 0.15) is 20.8 Å². The first-order chi connectivity index (χ1) is 8.34. The van der Waals surface area contributed by atoms with Crippen molar-refractivity contribution < 1.29 is 34.0 Å². The predicted molar refractivity (Wildman–Crippen MR) is 57.3 cm³/mol. The maximum Gasteiger partial charge on any atom is 0.303 e. The Labute approximate surface area is 105 Å². The summed E-state index contributed by atoms with van der Waals surface area (Å²) in [6.07, 6.45) is -4.02. The zero-order valence-corrected chi connectivity index (χ0v) is 10.5. The lowest BCUT2D eigenvalue weighted by Crippen LogP contribution is -2.42. The van der Waals surface area contributed by atoms with Gasteiger partial charge < -0.3 is 29.2 Å². The van der Waals surface area contributed by atoms with E-state index in [1.165, 1.54) is 6.92 Å². The molecule has 2 aliphatic heterocycles. The highest BCUT2D eigenvalue weighted by Gasteiger charge is 2.57. The summed E-state index contributed by atoms with van der Waals surface area (Å²) in [6, 6.07) is 0. The fourth-order valence-corrected chi connectivity index (χ4v) is 2.33. The van der Waals surface area contributed by atoms with Crippen LogP contribution in [0.3, 0.4) is 0 Å². The third-order valence-electron chi connectivity index (χ3n) is 2.93. The van der Waals surface area contributed by atoms with Crippen LogP contribution in [0.25, 0.3) is 0 Å². The quantitative estimate of drug-likeness (QED) is 0.639. The molecular weight excluding hydrogens is 244 g/mol. The van der Waals surface area contributed by atoms with Crippen LogP contribution in [0.4, 0.5) is 0 Å². The van der Waals surface area contributed by atoms with E-state index in [1.54, 1.807) is 13.8 Å². The average Bonchev–Trinajstić information content (AvgIpc) is 2.71. The van der Waals surface area contributed by atoms with Crippen LogP contribution < -0.4 is 0 Å². The molecule has 2 aliphatic rings. The lowest BCUT2D eigenvalue weighted by Gasteiger charge is -2.26. The Morgan fingerprint density at radius 1 is 1.39 bits per heavy atom. The lowest BCUT2D eigenvalue weighted by molar-refractivity contribution is -0.234. The molecule has 1 unspecified atom stereocenters. The summed E-state index contributed by atoms with van der Waals surface area (Å²) in [7, 11) is 0. The summed E-state index contributed by atoms with van der Waals surface area (Å²) in [5.41, 5.74) is 0. The molecule has 2 rings (SSSR count). The Balaban J connectivity index is 2.12. The molecule has 7 nitrogen and oxygen atoms in total. The van der Waals surface area contributed by atoms with Crippen molar-refractivity contribution >= 4 is 5.97 Å². The summed E-state index contributed by atoms with van der Waals surface area (Å²) >= 11 is 0. The van der Waals surface area contributed by atoms with Gasteiger partial charge in [-0.25, -0.2) is 0 Å². The predicted octanol–water partition coefficient (Wildman–Crippen LogP) is -0.852. The Hall–Kier alpha value is -0.730. The summed E-state index contributed by atoms with van der Waals surface area (Å²) in [5.74, 6) is -1.37. The summed E-state index contributed by atoms with van der Waals surface area (Å²) < 4.78 is 21.3. The molecule has 0 bridgehead atoms. The standard InChI is InChI=1S/C11H18O7/c1-5(13)15-6(4-12)7-8-9(10(14)16-7)18-11(2,3)17-8/h6-10,12,14H,4H2,1-3H3/t6-,7-,8+,9+,10?/m1/s1. The van der Waals surface area contributed by atoms with Gasteiger partial charge in [0.05, 0.1) is 6.61 Å².